The summed E-state index contributed by atoms with van der Waals surface area (Å²) in [7, 11) is 0. The van der Waals surface area contributed by atoms with Crippen LogP contribution in [-0.4, -0.2) is 36.3 Å². The van der Waals surface area contributed by atoms with Crippen LogP contribution in [0.15, 0.2) is 0 Å². The Kier molecular flexibility index (Phi) is 2.01. The normalized spacial score (nSPS) is 36.6. The van der Waals surface area contributed by atoms with E-state index >= 15 is 0 Å². The highest BCUT2D eigenvalue weighted by atomic mass is 16.2. The van der Waals surface area contributed by atoms with Gasteiger partial charge in [-0.2, -0.15) is 0 Å². The van der Waals surface area contributed by atoms with E-state index in [9.17, 15) is 9.59 Å². The zero-order valence-corrected chi connectivity index (χ0v) is 8.67. The smallest absolute Gasteiger partial charge is 0.228 e. The second-order valence-electron chi connectivity index (χ2n) is 4.46. The molecule has 2 heterocycles. The molecule has 0 bridgehead atoms. The first-order valence-corrected chi connectivity index (χ1v) is 5.10. The summed E-state index contributed by atoms with van der Waals surface area (Å²) in [6, 6.07) is 0. The van der Waals surface area contributed by atoms with Gasteiger partial charge in [-0.1, -0.05) is 6.92 Å². The highest BCUT2D eigenvalue weighted by Gasteiger charge is 2.52. The second kappa shape index (κ2) is 2.97. The van der Waals surface area contributed by atoms with Crippen LogP contribution >= 0.6 is 0 Å². The molecule has 0 radical (unpaired) electrons. The molecule has 78 valence electrons. The van der Waals surface area contributed by atoms with Crippen LogP contribution in [0, 0.1) is 11.3 Å². The van der Waals surface area contributed by atoms with E-state index in [2.05, 4.69) is 12.2 Å². The maximum atomic E-state index is 11.7. The van der Waals surface area contributed by atoms with Crippen molar-refractivity contribution in [3.05, 3.63) is 0 Å². The molecule has 2 aliphatic heterocycles. The van der Waals surface area contributed by atoms with Gasteiger partial charge in [0.05, 0.1) is 5.41 Å². The van der Waals surface area contributed by atoms with Gasteiger partial charge in [0.25, 0.3) is 0 Å². The molecular formula is C10H16N2O2. The predicted molar refractivity (Wildman–Crippen MR) is 51.5 cm³/mol. The molecule has 2 saturated heterocycles. The number of hydrogen-bond donors (Lipinski definition) is 1. The van der Waals surface area contributed by atoms with Gasteiger partial charge in [-0.25, -0.2) is 0 Å². The summed E-state index contributed by atoms with van der Waals surface area (Å²) in [6.07, 6.45) is 0.872. The molecule has 0 aromatic carbocycles. The zero-order valence-electron chi connectivity index (χ0n) is 8.67. The summed E-state index contributed by atoms with van der Waals surface area (Å²) in [6.45, 7) is 5.72. The zero-order chi connectivity index (χ0) is 10.3. The molecule has 2 amide bonds. The van der Waals surface area contributed by atoms with E-state index in [1.807, 2.05) is 0 Å². The molecule has 1 N–H and O–H groups in total. The van der Waals surface area contributed by atoms with Gasteiger partial charge in [-0.3, -0.25) is 9.59 Å². The molecule has 0 unspecified atom stereocenters. The Labute approximate surface area is 83.6 Å². The van der Waals surface area contributed by atoms with Gasteiger partial charge in [0.1, 0.15) is 0 Å². The van der Waals surface area contributed by atoms with E-state index in [1.54, 1.807) is 11.8 Å². The summed E-state index contributed by atoms with van der Waals surface area (Å²) in [5.41, 5.74) is -0.286. The lowest BCUT2D eigenvalue weighted by molar-refractivity contribution is -0.130. The molecule has 2 atom stereocenters. The standard InChI is InChI=1S/C10H16N2O2/c1-7-5-12(8(2)13)6-10(7)3-4-11-9(10)14/h7H,3-6H2,1-2H3,(H,11,14)/t7-,10-/m1/s1. The third-order valence-corrected chi connectivity index (χ3v) is 3.66. The van der Waals surface area contributed by atoms with Crippen LogP contribution in [0.1, 0.15) is 20.3 Å². The summed E-state index contributed by atoms with van der Waals surface area (Å²) in [5.74, 6) is 0.496. The van der Waals surface area contributed by atoms with Crippen LogP contribution in [0.3, 0.4) is 0 Å². The van der Waals surface area contributed by atoms with E-state index in [1.165, 1.54) is 0 Å². The van der Waals surface area contributed by atoms with Crippen molar-refractivity contribution in [1.82, 2.24) is 10.2 Å². The van der Waals surface area contributed by atoms with Crippen molar-refractivity contribution >= 4 is 11.8 Å². The molecule has 0 aromatic rings. The predicted octanol–water partition coefficient (Wildman–Crippen LogP) is -0.00910. The molecule has 2 fully saturated rings. The van der Waals surface area contributed by atoms with Crippen LogP contribution in [0.2, 0.25) is 0 Å². The van der Waals surface area contributed by atoms with E-state index in [0.29, 0.717) is 6.54 Å². The number of likely N-dealkylation sites (tertiary alicyclic amines) is 1. The first-order chi connectivity index (χ1) is 6.56. The highest BCUT2D eigenvalue weighted by molar-refractivity contribution is 5.87. The summed E-state index contributed by atoms with van der Waals surface area (Å²) in [4.78, 5) is 24.7. The van der Waals surface area contributed by atoms with Crippen LogP contribution in [0.5, 0.6) is 0 Å². The Bertz CT molecular complexity index is 290. The molecule has 0 aromatic heterocycles. The maximum Gasteiger partial charge on any atom is 0.228 e. The number of rotatable bonds is 0. The Balaban J connectivity index is 2.22. The SMILES string of the molecule is CC(=O)N1C[C@@H](C)[C@@]2(CCNC2=O)C1. The van der Waals surface area contributed by atoms with Gasteiger partial charge >= 0.3 is 0 Å². The van der Waals surface area contributed by atoms with Crippen molar-refractivity contribution in [3.63, 3.8) is 0 Å². The van der Waals surface area contributed by atoms with Crippen molar-refractivity contribution in [1.29, 1.82) is 0 Å². The number of carbonyl (C=O) groups is 2. The lowest BCUT2D eigenvalue weighted by Crippen LogP contribution is -2.38. The first kappa shape index (κ1) is 9.49. The molecule has 14 heavy (non-hydrogen) atoms. The van der Waals surface area contributed by atoms with Gasteiger partial charge in [0.15, 0.2) is 0 Å². The molecule has 2 rings (SSSR count). The van der Waals surface area contributed by atoms with Crippen LogP contribution in [0.25, 0.3) is 0 Å². The third-order valence-electron chi connectivity index (χ3n) is 3.66. The fraction of sp³-hybridized carbons (Fsp3) is 0.800. The second-order valence-corrected chi connectivity index (χ2v) is 4.46. The molecule has 4 nitrogen and oxygen atoms in total. The Morgan fingerprint density at radius 3 is 2.79 bits per heavy atom. The lowest BCUT2D eigenvalue weighted by atomic mass is 9.78. The lowest BCUT2D eigenvalue weighted by Gasteiger charge is -2.23. The van der Waals surface area contributed by atoms with Gasteiger partial charge in [-0.05, 0) is 12.3 Å². The van der Waals surface area contributed by atoms with Crippen molar-refractivity contribution in [2.24, 2.45) is 11.3 Å². The van der Waals surface area contributed by atoms with Crippen molar-refractivity contribution in [2.45, 2.75) is 20.3 Å². The monoisotopic (exact) mass is 196 g/mol. The van der Waals surface area contributed by atoms with Crippen LogP contribution in [0.4, 0.5) is 0 Å². The van der Waals surface area contributed by atoms with Gasteiger partial charge in [0, 0.05) is 26.6 Å². The summed E-state index contributed by atoms with van der Waals surface area (Å²) in [5, 5.41) is 2.87. The summed E-state index contributed by atoms with van der Waals surface area (Å²) >= 11 is 0. The van der Waals surface area contributed by atoms with Crippen molar-refractivity contribution in [2.75, 3.05) is 19.6 Å². The van der Waals surface area contributed by atoms with E-state index in [-0.39, 0.29) is 23.1 Å². The number of carbonyl (C=O) groups excluding carboxylic acids is 2. The van der Waals surface area contributed by atoms with Gasteiger partial charge in [-0.15, -0.1) is 0 Å². The first-order valence-electron chi connectivity index (χ1n) is 5.10. The minimum Gasteiger partial charge on any atom is -0.356 e. The molecular weight excluding hydrogens is 180 g/mol. The Morgan fingerprint density at radius 1 is 1.64 bits per heavy atom. The number of hydrogen-bond acceptors (Lipinski definition) is 2. The van der Waals surface area contributed by atoms with Crippen molar-refractivity contribution < 1.29 is 9.59 Å². The van der Waals surface area contributed by atoms with E-state index < -0.39 is 0 Å². The van der Waals surface area contributed by atoms with E-state index in [4.69, 9.17) is 0 Å². The fourth-order valence-corrected chi connectivity index (χ4v) is 2.62. The van der Waals surface area contributed by atoms with Crippen LogP contribution < -0.4 is 5.32 Å². The topological polar surface area (TPSA) is 49.4 Å². The number of nitrogens with one attached hydrogen (secondary N) is 1. The number of amides is 2. The summed E-state index contributed by atoms with van der Waals surface area (Å²) < 4.78 is 0. The average Bonchev–Trinajstić information content (AvgIpc) is 2.62. The molecule has 0 aliphatic carbocycles. The number of nitrogens with zero attached hydrogens (tertiary/aromatic N) is 1. The minimum atomic E-state index is -0.286. The molecule has 0 saturated carbocycles. The largest absolute Gasteiger partial charge is 0.356 e. The maximum absolute atomic E-state index is 11.7. The van der Waals surface area contributed by atoms with Crippen LogP contribution in [-0.2, 0) is 9.59 Å². The van der Waals surface area contributed by atoms with Gasteiger partial charge < -0.3 is 10.2 Å². The Morgan fingerprint density at radius 2 is 2.36 bits per heavy atom. The minimum absolute atomic E-state index is 0.0772. The van der Waals surface area contributed by atoms with Crippen molar-refractivity contribution in [3.8, 4) is 0 Å². The third kappa shape index (κ3) is 1.13. The molecule has 2 aliphatic rings. The van der Waals surface area contributed by atoms with Gasteiger partial charge in [0.2, 0.25) is 11.8 Å². The van der Waals surface area contributed by atoms with E-state index in [0.717, 1.165) is 19.5 Å². The molecule has 1 spiro atoms. The highest BCUT2D eigenvalue weighted by Crippen LogP contribution is 2.41. The Hall–Kier alpha value is -1.06. The molecule has 4 heteroatoms. The fourth-order valence-electron chi connectivity index (χ4n) is 2.62. The quantitative estimate of drug-likeness (QED) is 0.592. The average molecular weight is 196 g/mol.